The highest BCUT2D eigenvalue weighted by Gasteiger charge is 2.10. The molecule has 0 bridgehead atoms. The molecule has 1 fully saturated rings. The minimum Gasteiger partial charge on any atom is -0.379 e. The van der Waals surface area contributed by atoms with Gasteiger partial charge < -0.3 is 4.74 Å². The van der Waals surface area contributed by atoms with Gasteiger partial charge in [-0.2, -0.15) is 0 Å². The summed E-state index contributed by atoms with van der Waals surface area (Å²) in [5, 5.41) is 2.13. The van der Waals surface area contributed by atoms with E-state index in [1.807, 2.05) is 11.3 Å². The minimum absolute atomic E-state index is 0.894. The number of nitrogens with zero attached hydrogens (tertiary/aromatic N) is 1. The molecule has 0 amide bonds. The lowest BCUT2D eigenvalue weighted by Gasteiger charge is -2.25. The molecular weight excluding hydrogens is 206 g/mol. The standard InChI is InChI=1S/C9H13NOS.C3H8/c1-2-9(12-7-1)8-10-3-5-11-6-4-10;1-3-2/h1-2,7H,3-6,8H2;3H2,1-2H3. The molecule has 1 aliphatic rings. The van der Waals surface area contributed by atoms with Gasteiger partial charge in [0.25, 0.3) is 0 Å². The maximum Gasteiger partial charge on any atom is 0.0594 e. The smallest absolute Gasteiger partial charge is 0.0594 e. The second-order valence-electron chi connectivity index (χ2n) is 3.67. The molecule has 0 unspecified atom stereocenters. The Kier molecular flexibility index (Phi) is 6.64. The Bertz CT molecular complexity index is 230. The maximum absolute atomic E-state index is 5.28. The molecule has 0 radical (unpaired) electrons. The first-order chi connectivity index (χ1) is 7.36. The van der Waals surface area contributed by atoms with Crippen LogP contribution in [0.5, 0.6) is 0 Å². The van der Waals surface area contributed by atoms with E-state index in [-0.39, 0.29) is 0 Å². The van der Waals surface area contributed by atoms with E-state index in [0.717, 1.165) is 32.8 Å². The number of thiophene rings is 1. The first-order valence-electron chi connectivity index (χ1n) is 5.69. The van der Waals surface area contributed by atoms with Crippen molar-refractivity contribution in [3.63, 3.8) is 0 Å². The Morgan fingerprint density at radius 3 is 2.53 bits per heavy atom. The summed E-state index contributed by atoms with van der Waals surface area (Å²) in [5.41, 5.74) is 0. The Balaban J connectivity index is 0.000000337. The van der Waals surface area contributed by atoms with E-state index in [9.17, 15) is 0 Å². The predicted octanol–water partition coefficient (Wildman–Crippen LogP) is 3.00. The van der Waals surface area contributed by atoms with Gasteiger partial charge in [0.05, 0.1) is 13.2 Å². The van der Waals surface area contributed by atoms with Crippen LogP contribution in [0.2, 0.25) is 0 Å². The number of hydrogen-bond donors (Lipinski definition) is 0. The summed E-state index contributed by atoms with van der Waals surface area (Å²) in [6, 6.07) is 4.31. The fraction of sp³-hybridized carbons (Fsp3) is 0.667. The van der Waals surface area contributed by atoms with Gasteiger partial charge in [-0.05, 0) is 11.4 Å². The van der Waals surface area contributed by atoms with Crippen molar-refractivity contribution in [2.75, 3.05) is 26.3 Å². The summed E-state index contributed by atoms with van der Waals surface area (Å²) in [6.45, 7) is 9.30. The van der Waals surface area contributed by atoms with Crippen LogP contribution in [0.1, 0.15) is 25.1 Å². The van der Waals surface area contributed by atoms with Crippen molar-refractivity contribution in [1.82, 2.24) is 4.90 Å². The average molecular weight is 227 g/mol. The van der Waals surface area contributed by atoms with E-state index >= 15 is 0 Å². The summed E-state index contributed by atoms with van der Waals surface area (Å²) in [4.78, 5) is 3.90. The van der Waals surface area contributed by atoms with E-state index in [1.54, 1.807) is 0 Å². The zero-order chi connectivity index (χ0) is 10.9. The van der Waals surface area contributed by atoms with E-state index in [2.05, 4.69) is 36.3 Å². The molecule has 86 valence electrons. The molecule has 1 aromatic heterocycles. The number of rotatable bonds is 2. The highest BCUT2D eigenvalue weighted by Crippen LogP contribution is 2.12. The van der Waals surface area contributed by atoms with Gasteiger partial charge in [0.15, 0.2) is 0 Å². The molecule has 1 aromatic rings. The first kappa shape index (κ1) is 12.7. The largest absolute Gasteiger partial charge is 0.379 e. The minimum atomic E-state index is 0.894. The van der Waals surface area contributed by atoms with Crippen LogP contribution in [0.15, 0.2) is 17.5 Å². The van der Waals surface area contributed by atoms with Gasteiger partial charge in [-0.1, -0.05) is 26.3 Å². The number of ether oxygens (including phenoxy) is 1. The maximum atomic E-state index is 5.28. The molecule has 0 aromatic carbocycles. The van der Waals surface area contributed by atoms with Crippen molar-refractivity contribution >= 4 is 11.3 Å². The molecule has 3 heteroatoms. The Morgan fingerprint density at radius 1 is 1.33 bits per heavy atom. The Hall–Kier alpha value is -0.380. The second kappa shape index (κ2) is 7.85. The van der Waals surface area contributed by atoms with Crippen molar-refractivity contribution in [2.24, 2.45) is 0 Å². The summed E-state index contributed by atoms with van der Waals surface area (Å²) < 4.78 is 5.28. The zero-order valence-corrected chi connectivity index (χ0v) is 10.6. The van der Waals surface area contributed by atoms with Gasteiger partial charge in [-0.15, -0.1) is 11.3 Å². The molecule has 0 atom stereocenters. The van der Waals surface area contributed by atoms with Crippen LogP contribution in [0.25, 0.3) is 0 Å². The third-order valence-electron chi connectivity index (χ3n) is 2.06. The van der Waals surface area contributed by atoms with Crippen LogP contribution in [-0.4, -0.2) is 31.2 Å². The topological polar surface area (TPSA) is 12.5 Å². The van der Waals surface area contributed by atoms with Gasteiger partial charge in [-0.25, -0.2) is 0 Å². The SMILES string of the molecule is CCC.c1csc(CN2CCOCC2)c1. The van der Waals surface area contributed by atoms with Crippen LogP contribution in [0, 0.1) is 0 Å². The molecule has 0 saturated carbocycles. The van der Waals surface area contributed by atoms with Crippen LogP contribution in [0.3, 0.4) is 0 Å². The van der Waals surface area contributed by atoms with Crippen molar-refractivity contribution in [3.8, 4) is 0 Å². The Labute approximate surface area is 96.9 Å². The molecule has 2 rings (SSSR count). The van der Waals surface area contributed by atoms with Gasteiger partial charge >= 0.3 is 0 Å². The second-order valence-corrected chi connectivity index (χ2v) is 4.71. The molecule has 15 heavy (non-hydrogen) atoms. The highest BCUT2D eigenvalue weighted by molar-refractivity contribution is 7.09. The summed E-state index contributed by atoms with van der Waals surface area (Å²) in [6.07, 6.45) is 1.25. The van der Waals surface area contributed by atoms with Gasteiger partial charge in [0, 0.05) is 24.5 Å². The normalized spacial score (nSPS) is 16.9. The number of hydrogen-bond acceptors (Lipinski definition) is 3. The molecule has 2 nitrogen and oxygen atoms in total. The average Bonchev–Trinajstić information content (AvgIpc) is 2.73. The predicted molar refractivity (Wildman–Crippen MR) is 66.4 cm³/mol. The molecule has 1 aliphatic heterocycles. The highest BCUT2D eigenvalue weighted by atomic mass is 32.1. The van der Waals surface area contributed by atoms with E-state index in [4.69, 9.17) is 4.74 Å². The fourth-order valence-corrected chi connectivity index (χ4v) is 2.13. The first-order valence-corrected chi connectivity index (χ1v) is 6.57. The lowest BCUT2D eigenvalue weighted by atomic mass is 10.4. The van der Waals surface area contributed by atoms with Gasteiger partial charge in [0.2, 0.25) is 0 Å². The fourth-order valence-electron chi connectivity index (χ4n) is 1.38. The van der Waals surface area contributed by atoms with Crippen LogP contribution in [0.4, 0.5) is 0 Å². The van der Waals surface area contributed by atoms with Gasteiger partial charge in [-0.3, -0.25) is 4.90 Å². The summed E-state index contributed by atoms with van der Waals surface area (Å²) in [5.74, 6) is 0. The van der Waals surface area contributed by atoms with Crippen LogP contribution in [-0.2, 0) is 11.3 Å². The quantitative estimate of drug-likeness (QED) is 0.770. The van der Waals surface area contributed by atoms with Crippen molar-refractivity contribution in [3.05, 3.63) is 22.4 Å². The third-order valence-corrected chi connectivity index (χ3v) is 2.92. The van der Waals surface area contributed by atoms with Crippen molar-refractivity contribution < 1.29 is 4.74 Å². The molecular formula is C12H21NOS. The molecule has 0 N–H and O–H groups in total. The third kappa shape index (κ3) is 5.30. The monoisotopic (exact) mass is 227 g/mol. The number of morpholine rings is 1. The van der Waals surface area contributed by atoms with Crippen molar-refractivity contribution in [1.29, 1.82) is 0 Å². The van der Waals surface area contributed by atoms with E-state index < -0.39 is 0 Å². The van der Waals surface area contributed by atoms with Crippen molar-refractivity contribution in [2.45, 2.75) is 26.8 Å². The molecule has 0 spiro atoms. The lowest BCUT2D eigenvalue weighted by Crippen LogP contribution is -2.35. The Morgan fingerprint density at radius 2 is 2.00 bits per heavy atom. The summed E-state index contributed by atoms with van der Waals surface area (Å²) in [7, 11) is 0. The van der Waals surface area contributed by atoms with E-state index in [0.29, 0.717) is 0 Å². The van der Waals surface area contributed by atoms with E-state index in [1.165, 1.54) is 11.3 Å². The molecule has 1 saturated heterocycles. The molecule has 2 heterocycles. The van der Waals surface area contributed by atoms with Crippen LogP contribution < -0.4 is 0 Å². The summed E-state index contributed by atoms with van der Waals surface area (Å²) >= 11 is 1.83. The zero-order valence-electron chi connectivity index (χ0n) is 9.74. The lowest BCUT2D eigenvalue weighted by molar-refractivity contribution is 0.0346. The van der Waals surface area contributed by atoms with Gasteiger partial charge in [0.1, 0.15) is 0 Å². The van der Waals surface area contributed by atoms with Crippen LogP contribution >= 0.6 is 11.3 Å². The molecule has 0 aliphatic carbocycles.